The molecule has 1 aromatic carbocycles. The molecule has 2 heterocycles. The van der Waals surface area contributed by atoms with E-state index in [-0.39, 0.29) is 29.9 Å². The summed E-state index contributed by atoms with van der Waals surface area (Å²) in [5, 5.41) is 13.3. The van der Waals surface area contributed by atoms with Gasteiger partial charge in [-0.05, 0) is 36.2 Å². The lowest BCUT2D eigenvalue weighted by atomic mass is 9.99. The van der Waals surface area contributed by atoms with E-state index in [1.165, 1.54) is 21.7 Å². The molecule has 0 radical (unpaired) electrons. The largest absolute Gasteiger partial charge is 0.481 e. The highest BCUT2D eigenvalue weighted by molar-refractivity contribution is 5.93. The number of benzene rings is 1. The van der Waals surface area contributed by atoms with Crippen LogP contribution in [0.3, 0.4) is 0 Å². The van der Waals surface area contributed by atoms with E-state index >= 15 is 0 Å². The van der Waals surface area contributed by atoms with Crippen molar-refractivity contribution in [2.45, 2.75) is 6.92 Å². The monoisotopic (exact) mass is 317 g/mol. The molecule has 0 saturated carbocycles. The fourth-order valence-electron chi connectivity index (χ4n) is 2.79. The van der Waals surface area contributed by atoms with E-state index in [1.54, 1.807) is 24.4 Å². The average Bonchev–Trinajstić information content (AvgIpc) is 3.14. The van der Waals surface area contributed by atoms with Crippen LogP contribution in [0.2, 0.25) is 0 Å². The van der Waals surface area contributed by atoms with Crippen molar-refractivity contribution in [3.8, 4) is 5.69 Å². The zero-order valence-corrected chi connectivity index (χ0v) is 12.5. The van der Waals surface area contributed by atoms with Crippen LogP contribution < -0.4 is 0 Å². The molecule has 1 aromatic heterocycles. The number of rotatable bonds is 3. The molecule has 2 atom stereocenters. The molecule has 3 rings (SSSR count). The number of carboxylic acid groups (broad SMARTS) is 1. The zero-order valence-electron chi connectivity index (χ0n) is 12.5. The van der Waals surface area contributed by atoms with Crippen molar-refractivity contribution in [3.05, 3.63) is 48.0 Å². The predicted molar refractivity (Wildman–Crippen MR) is 79.7 cm³/mol. The first-order chi connectivity index (χ1) is 11.0. The summed E-state index contributed by atoms with van der Waals surface area (Å²) in [6.45, 7) is 2.42. The molecule has 1 fully saturated rings. The number of likely N-dealkylation sites (tertiary alicyclic amines) is 1. The number of aromatic nitrogens is 2. The second kappa shape index (κ2) is 5.83. The van der Waals surface area contributed by atoms with E-state index < -0.39 is 11.9 Å². The Bertz CT molecular complexity index is 741. The third kappa shape index (κ3) is 2.94. The minimum atomic E-state index is -0.885. The molecule has 0 bridgehead atoms. The summed E-state index contributed by atoms with van der Waals surface area (Å²) >= 11 is 0. The fourth-order valence-corrected chi connectivity index (χ4v) is 2.79. The Balaban J connectivity index is 1.77. The van der Waals surface area contributed by atoms with Crippen molar-refractivity contribution < 1.29 is 19.1 Å². The summed E-state index contributed by atoms with van der Waals surface area (Å²) in [5.74, 6) is -2.15. The van der Waals surface area contributed by atoms with Gasteiger partial charge in [0.05, 0.1) is 11.6 Å². The van der Waals surface area contributed by atoms with Gasteiger partial charge in [-0.3, -0.25) is 9.59 Å². The number of halogens is 1. The summed E-state index contributed by atoms with van der Waals surface area (Å²) in [5.41, 5.74) is 0.885. The predicted octanol–water partition coefficient (Wildman–Crippen LogP) is 1.80. The molecule has 1 aliphatic heterocycles. The Morgan fingerprint density at radius 3 is 2.52 bits per heavy atom. The van der Waals surface area contributed by atoms with Gasteiger partial charge in [-0.2, -0.15) is 5.10 Å². The van der Waals surface area contributed by atoms with Gasteiger partial charge in [-0.25, -0.2) is 9.07 Å². The maximum absolute atomic E-state index is 12.9. The third-order valence-corrected chi connectivity index (χ3v) is 4.12. The molecule has 6 nitrogen and oxygen atoms in total. The van der Waals surface area contributed by atoms with Crippen LogP contribution in [0.15, 0.2) is 36.5 Å². The summed E-state index contributed by atoms with van der Waals surface area (Å²) in [6, 6.07) is 7.34. The number of hydrogen-bond acceptors (Lipinski definition) is 3. The van der Waals surface area contributed by atoms with Crippen LogP contribution in [-0.2, 0) is 4.79 Å². The van der Waals surface area contributed by atoms with E-state index in [1.807, 2.05) is 6.92 Å². The first-order valence-corrected chi connectivity index (χ1v) is 7.29. The van der Waals surface area contributed by atoms with Crippen LogP contribution in [0.1, 0.15) is 17.4 Å². The Kier molecular flexibility index (Phi) is 3.85. The average molecular weight is 317 g/mol. The quantitative estimate of drug-likeness (QED) is 0.936. The second-order valence-electron chi connectivity index (χ2n) is 5.75. The van der Waals surface area contributed by atoms with Crippen LogP contribution in [0.5, 0.6) is 0 Å². The maximum Gasteiger partial charge on any atom is 0.308 e. The van der Waals surface area contributed by atoms with Crippen molar-refractivity contribution in [1.29, 1.82) is 0 Å². The number of hydrogen-bond donors (Lipinski definition) is 1. The zero-order chi connectivity index (χ0) is 16.6. The molecule has 0 spiro atoms. The van der Waals surface area contributed by atoms with Crippen LogP contribution in [0, 0.1) is 17.7 Å². The molecule has 1 N–H and O–H groups in total. The van der Waals surface area contributed by atoms with Gasteiger partial charge in [0.1, 0.15) is 5.82 Å². The van der Waals surface area contributed by atoms with Crippen molar-refractivity contribution in [1.82, 2.24) is 14.7 Å². The van der Waals surface area contributed by atoms with Gasteiger partial charge < -0.3 is 10.0 Å². The topological polar surface area (TPSA) is 75.4 Å². The molecule has 0 aliphatic carbocycles. The smallest absolute Gasteiger partial charge is 0.308 e. The number of aliphatic carboxylic acids is 1. The standard InChI is InChI=1S/C16H16FN3O3/c1-10-8-19(9-13(10)16(22)23)15(21)14-6-7-20(18-14)12-4-2-11(17)3-5-12/h2-7,10,13H,8-9H2,1H3,(H,22,23)/t10-,13-/m1/s1. The van der Waals surface area contributed by atoms with Crippen molar-refractivity contribution in [2.24, 2.45) is 11.8 Å². The van der Waals surface area contributed by atoms with Gasteiger partial charge in [0, 0.05) is 19.3 Å². The van der Waals surface area contributed by atoms with Crippen molar-refractivity contribution >= 4 is 11.9 Å². The number of carbonyl (C=O) groups is 2. The first kappa shape index (κ1) is 15.2. The summed E-state index contributed by atoms with van der Waals surface area (Å²) in [7, 11) is 0. The van der Waals surface area contributed by atoms with Gasteiger partial charge in [0.2, 0.25) is 0 Å². The van der Waals surface area contributed by atoms with E-state index in [4.69, 9.17) is 5.11 Å². The van der Waals surface area contributed by atoms with Crippen LogP contribution >= 0.6 is 0 Å². The van der Waals surface area contributed by atoms with E-state index in [0.29, 0.717) is 12.2 Å². The lowest BCUT2D eigenvalue weighted by Crippen LogP contribution is -2.30. The second-order valence-corrected chi connectivity index (χ2v) is 5.75. The highest BCUT2D eigenvalue weighted by Gasteiger charge is 2.37. The molecular weight excluding hydrogens is 301 g/mol. The summed E-state index contributed by atoms with van der Waals surface area (Å²) in [4.78, 5) is 25.1. The molecule has 120 valence electrons. The molecule has 1 amide bonds. The Labute approximate surface area is 132 Å². The highest BCUT2D eigenvalue weighted by Crippen LogP contribution is 2.24. The van der Waals surface area contributed by atoms with E-state index in [9.17, 15) is 14.0 Å². The lowest BCUT2D eigenvalue weighted by molar-refractivity contribution is -0.142. The van der Waals surface area contributed by atoms with Crippen LogP contribution in [-0.4, -0.2) is 44.8 Å². The Hall–Kier alpha value is -2.70. The van der Waals surface area contributed by atoms with E-state index in [0.717, 1.165) is 0 Å². The van der Waals surface area contributed by atoms with Crippen LogP contribution in [0.25, 0.3) is 5.69 Å². The summed E-state index contributed by atoms with van der Waals surface area (Å²) in [6.07, 6.45) is 1.62. The number of carboxylic acids is 1. The first-order valence-electron chi connectivity index (χ1n) is 7.29. The van der Waals surface area contributed by atoms with Crippen LogP contribution in [0.4, 0.5) is 4.39 Å². The molecule has 23 heavy (non-hydrogen) atoms. The molecule has 0 unspecified atom stereocenters. The summed E-state index contributed by atoms with van der Waals surface area (Å²) < 4.78 is 14.4. The Morgan fingerprint density at radius 2 is 1.91 bits per heavy atom. The van der Waals surface area contributed by atoms with Gasteiger partial charge in [-0.1, -0.05) is 6.92 Å². The van der Waals surface area contributed by atoms with Gasteiger partial charge >= 0.3 is 5.97 Å². The minimum absolute atomic E-state index is 0.0874. The number of nitrogens with zero attached hydrogens (tertiary/aromatic N) is 3. The van der Waals surface area contributed by atoms with Gasteiger partial charge in [-0.15, -0.1) is 0 Å². The molecule has 7 heteroatoms. The lowest BCUT2D eigenvalue weighted by Gasteiger charge is -2.14. The third-order valence-electron chi connectivity index (χ3n) is 4.12. The fraction of sp³-hybridized carbons (Fsp3) is 0.312. The minimum Gasteiger partial charge on any atom is -0.481 e. The molecule has 2 aromatic rings. The van der Waals surface area contributed by atoms with E-state index in [2.05, 4.69) is 5.10 Å². The Morgan fingerprint density at radius 1 is 1.22 bits per heavy atom. The SMILES string of the molecule is C[C@@H]1CN(C(=O)c2ccn(-c3ccc(F)cc3)n2)C[C@H]1C(=O)O. The number of amides is 1. The molecule has 1 aliphatic rings. The van der Waals surface area contributed by atoms with Gasteiger partial charge in [0.15, 0.2) is 5.69 Å². The molecule has 1 saturated heterocycles. The van der Waals surface area contributed by atoms with Crippen molar-refractivity contribution in [3.63, 3.8) is 0 Å². The molecular formula is C16H16FN3O3. The highest BCUT2D eigenvalue weighted by atomic mass is 19.1. The maximum atomic E-state index is 12.9. The number of carbonyl (C=O) groups excluding carboxylic acids is 1. The van der Waals surface area contributed by atoms with Gasteiger partial charge in [0.25, 0.3) is 5.91 Å². The van der Waals surface area contributed by atoms with Crippen molar-refractivity contribution in [2.75, 3.05) is 13.1 Å². The normalized spacial score (nSPS) is 20.7.